The van der Waals surface area contributed by atoms with Gasteiger partial charge in [0.05, 0.1) is 5.41 Å². The molecule has 0 rings (SSSR count). The second kappa shape index (κ2) is 9.78. The molecule has 19 heavy (non-hydrogen) atoms. The van der Waals surface area contributed by atoms with Crippen molar-refractivity contribution in [3.8, 4) is 0 Å². The molecule has 0 aromatic heterocycles. The van der Waals surface area contributed by atoms with Crippen LogP contribution in [-0.2, 0) is 14.3 Å². The third-order valence-electron chi connectivity index (χ3n) is 3.10. The summed E-state index contributed by atoms with van der Waals surface area (Å²) in [6, 6.07) is 0. The zero-order valence-electron chi connectivity index (χ0n) is 12.0. The summed E-state index contributed by atoms with van der Waals surface area (Å²) >= 11 is 0. The number of carboxylic acids is 2. The molecule has 0 aromatic rings. The Morgan fingerprint density at radius 1 is 0.947 bits per heavy atom. The van der Waals surface area contributed by atoms with Gasteiger partial charge in [0.25, 0.3) is 0 Å². The average molecular weight is 274 g/mol. The molecule has 0 atom stereocenters. The van der Waals surface area contributed by atoms with Crippen LogP contribution in [0.15, 0.2) is 0 Å². The fourth-order valence-corrected chi connectivity index (χ4v) is 1.64. The first-order chi connectivity index (χ1) is 8.86. The van der Waals surface area contributed by atoms with Gasteiger partial charge in [-0.2, -0.15) is 0 Å². The van der Waals surface area contributed by atoms with Crippen molar-refractivity contribution in [2.45, 2.75) is 58.8 Å². The Morgan fingerprint density at radius 2 is 1.53 bits per heavy atom. The van der Waals surface area contributed by atoms with Crippen molar-refractivity contribution in [2.24, 2.45) is 5.41 Å². The van der Waals surface area contributed by atoms with Gasteiger partial charge >= 0.3 is 11.9 Å². The van der Waals surface area contributed by atoms with E-state index in [0.29, 0.717) is 26.1 Å². The number of carbonyl (C=O) groups is 2. The molecule has 0 heterocycles. The van der Waals surface area contributed by atoms with Crippen molar-refractivity contribution in [3.63, 3.8) is 0 Å². The minimum absolute atomic E-state index is 0.226. The van der Waals surface area contributed by atoms with Crippen molar-refractivity contribution in [1.82, 2.24) is 0 Å². The van der Waals surface area contributed by atoms with Gasteiger partial charge in [-0.15, -0.1) is 0 Å². The first-order valence-electron chi connectivity index (χ1n) is 6.89. The van der Waals surface area contributed by atoms with Gasteiger partial charge in [0.2, 0.25) is 0 Å². The Kier molecular flexibility index (Phi) is 9.21. The van der Waals surface area contributed by atoms with E-state index in [9.17, 15) is 9.59 Å². The lowest BCUT2D eigenvalue weighted by atomic mass is 9.87. The number of ether oxygens (including phenoxy) is 1. The van der Waals surface area contributed by atoms with Crippen LogP contribution in [0.3, 0.4) is 0 Å². The fourth-order valence-electron chi connectivity index (χ4n) is 1.64. The Balaban J connectivity index is 3.28. The van der Waals surface area contributed by atoms with E-state index in [1.807, 2.05) is 0 Å². The van der Waals surface area contributed by atoms with Crippen LogP contribution in [0.1, 0.15) is 58.8 Å². The summed E-state index contributed by atoms with van der Waals surface area (Å²) < 4.78 is 5.42. The molecule has 0 aliphatic carbocycles. The van der Waals surface area contributed by atoms with E-state index in [1.54, 1.807) is 13.8 Å². The summed E-state index contributed by atoms with van der Waals surface area (Å²) in [5.74, 6) is -1.51. The standard InChI is InChI=1S/C14H26O5/c1-14(2,13(17)18)9-5-7-11-19-10-6-3-4-8-12(15)16/h3-11H2,1-2H3,(H,15,16)(H,17,18). The van der Waals surface area contributed by atoms with Crippen LogP contribution in [0.5, 0.6) is 0 Å². The minimum atomic E-state index is -0.758. The molecule has 0 bridgehead atoms. The van der Waals surface area contributed by atoms with Crippen molar-refractivity contribution >= 4 is 11.9 Å². The molecule has 0 saturated heterocycles. The second-order valence-corrected chi connectivity index (χ2v) is 5.46. The maximum absolute atomic E-state index is 10.9. The lowest BCUT2D eigenvalue weighted by Gasteiger charge is -2.18. The van der Waals surface area contributed by atoms with E-state index < -0.39 is 17.4 Å². The average Bonchev–Trinajstić information content (AvgIpc) is 2.30. The third-order valence-corrected chi connectivity index (χ3v) is 3.10. The summed E-state index contributed by atoms with van der Waals surface area (Å²) in [6.45, 7) is 4.77. The summed E-state index contributed by atoms with van der Waals surface area (Å²) in [7, 11) is 0. The Labute approximate surface area is 115 Å². The maximum atomic E-state index is 10.9. The number of carboxylic acid groups (broad SMARTS) is 2. The quantitative estimate of drug-likeness (QED) is 0.534. The summed E-state index contributed by atoms with van der Waals surface area (Å²) in [6.07, 6.45) is 5.05. The Morgan fingerprint density at radius 3 is 2.05 bits per heavy atom. The molecule has 2 N–H and O–H groups in total. The van der Waals surface area contributed by atoms with Gasteiger partial charge in [-0.05, 0) is 39.5 Å². The molecular formula is C14H26O5. The highest BCUT2D eigenvalue weighted by Crippen LogP contribution is 2.23. The first-order valence-corrected chi connectivity index (χ1v) is 6.89. The van der Waals surface area contributed by atoms with Crippen LogP contribution in [0.25, 0.3) is 0 Å². The van der Waals surface area contributed by atoms with E-state index in [4.69, 9.17) is 14.9 Å². The number of rotatable bonds is 12. The smallest absolute Gasteiger partial charge is 0.309 e. The van der Waals surface area contributed by atoms with Crippen LogP contribution in [0.2, 0.25) is 0 Å². The predicted molar refractivity (Wildman–Crippen MR) is 72.2 cm³/mol. The zero-order valence-corrected chi connectivity index (χ0v) is 12.0. The van der Waals surface area contributed by atoms with Gasteiger partial charge in [-0.25, -0.2) is 0 Å². The predicted octanol–water partition coefficient (Wildman–Crippen LogP) is 2.93. The largest absolute Gasteiger partial charge is 0.481 e. The number of hydrogen-bond acceptors (Lipinski definition) is 3. The highest BCUT2D eigenvalue weighted by atomic mass is 16.5. The van der Waals surface area contributed by atoms with Crippen LogP contribution in [0, 0.1) is 5.41 Å². The summed E-state index contributed by atoms with van der Waals surface area (Å²) in [5, 5.41) is 17.4. The van der Waals surface area contributed by atoms with Crippen molar-refractivity contribution < 1.29 is 24.5 Å². The monoisotopic (exact) mass is 274 g/mol. The molecule has 5 nitrogen and oxygen atoms in total. The highest BCUT2D eigenvalue weighted by molar-refractivity contribution is 5.73. The SMILES string of the molecule is CC(C)(CCCCOCCCCCC(=O)O)C(=O)O. The van der Waals surface area contributed by atoms with Gasteiger partial charge in [0.1, 0.15) is 0 Å². The third kappa shape index (κ3) is 10.5. The summed E-state index contributed by atoms with van der Waals surface area (Å²) in [4.78, 5) is 21.1. The van der Waals surface area contributed by atoms with Crippen LogP contribution >= 0.6 is 0 Å². The highest BCUT2D eigenvalue weighted by Gasteiger charge is 2.25. The molecule has 0 aromatic carbocycles. The molecule has 0 fully saturated rings. The second-order valence-electron chi connectivity index (χ2n) is 5.46. The van der Waals surface area contributed by atoms with Crippen molar-refractivity contribution in [3.05, 3.63) is 0 Å². The van der Waals surface area contributed by atoms with Crippen LogP contribution in [-0.4, -0.2) is 35.4 Å². The minimum Gasteiger partial charge on any atom is -0.481 e. The normalized spacial score (nSPS) is 11.5. The van der Waals surface area contributed by atoms with Gasteiger partial charge in [-0.1, -0.05) is 12.8 Å². The Bertz CT molecular complexity index is 273. The van der Waals surface area contributed by atoms with Crippen LogP contribution in [0.4, 0.5) is 0 Å². The van der Waals surface area contributed by atoms with E-state index >= 15 is 0 Å². The molecule has 0 saturated carbocycles. The fraction of sp³-hybridized carbons (Fsp3) is 0.857. The molecule has 0 unspecified atom stereocenters. The van der Waals surface area contributed by atoms with E-state index in [0.717, 1.165) is 25.7 Å². The van der Waals surface area contributed by atoms with Gasteiger partial charge in [-0.3, -0.25) is 9.59 Å². The molecule has 0 radical (unpaired) electrons. The summed E-state index contributed by atoms with van der Waals surface area (Å²) in [5.41, 5.74) is -0.656. The van der Waals surface area contributed by atoms with Crippen LogP contribution < -0.4 is 0 Å². The molecule has 0 amide bonds. The molecular weight excluding hydrogens is 248 g/mol. The molecule has 5 heteroatoms. The molecule has 0 aliphatic heterocycles. The Hall–Kier alpha value is -1.10. The number of unbranched alkanes of at least 4 members (excludes halogenated alkanes) is 3. The molecule has 0 spiro atoms. The van der Waals surface area contributed by atoms with Gasteiger partial charge < -0.3 is 14.9 Å². The van der Waals surface area contributed by atoms with E-state index in [1.165, 1.54) is 0 Å². The van der Waals surface area contributed by atoms with E-state index in [-0.39, 0.29) is 6.42 Å². The zero-order chi connectivity index (χ0) is 14.7. The lowest BCUT2D eigenvalue weighted by molar-refractivity contribution is -0.147. The van der Waals surface area contributed by atoms with E-state index in [2.05, 4.69) is 0 Å². The number of aliphatic carboxylic acids is 2. The molecule has 112 valence electrons. The molecule has 0 aliphatic rings. The topological polar surface area (TPSA) is 83.8 Å². The first kappa shape index (κ1) is 17.9. The lowest BCUT2D eigenvalue weighted by Crippen LogP contribution is -2.23. The maximum Gasteiger partial charge on any atom is 0.309 e. The van der Waals surface area contributed by atoms with Gasteiger partial charge in [0.15, 0.2) is 0 Å². The van der Waals surface area contributed by atoms with Gasteiger partial charge in [0, 0.05) is 19.6 Å². The van der Waals surface area contributed by atoms with Crippen molar-refractivity contribution in [1.29, 1.82) is 0 Å². The van der Waals surface area contributed by atoms with Crippen molar-refractivity contribution in [2.75, 3.05) is 13.2 Å². The number of hydrogen-bond donors (Lipinski definition) is 2.